The van der Waals surface area contributed by atoms with Gasteiger partial charge in [0.15, 0.2) is 23.3 Å². The van der Waals surface area contributed by atoms with Gasteiger partial charge in [0.1, 0.15) is 0 Å². The zero-order chi connectivity index (χ0) is 15.8. The van der Waals surface area contributed by atoms with E-state index in [1.165, 1.54) is 0 Å². The Kier molecular flexibility index (Phi) is 4.01. The van der Waals surface area contributed by atoms with Gasteiger partial charge in [0.25, 0.3) is 15.2 Å². The highest BCUT2D eigenvalue weighted by molar-refractivity contribution is 7.89. The Labute approximate surface area is 118 Å². The minimum atomic E-state index is -4.14. The van der Waals surface area contributed by atoms with E-state index in [0.717, 1.165) is 4.57 Å². The van der Waals surface area contributed by atoms with E-state index in [2.05, 4.69) is 10.2 Å². The molecular formula is C11H11F3N4O2S. The molecule has 0 radical (unpaired) electrons. The molecule has 0 aliphatic heterocycles. The highest BCUT2D eigenvalue weighted by Gasteiger charge is 2.23. The molecule has 0 aliphatic carbocycles. The predicted octanol–water partition coefficient (Wildman–Crippen LogP) is 1.42. The summed E-state index contributed by atoms with van der Waals surface area (Å²) in [5, 5.41) is 11.5. The minimum absolute atomic E-state index is 0.112. The van der Waals surface area contributed by atoms with Gasteiger partial charge in [0.2, 0.25) is 0 Å². The first-order chi connectivity index (χ1) is 9.75. The molecule has 1 heterocycles. The third kappa shape index (κ3) is 2.90. The quantitative estimate of drug-likeness (QED) is 0.863. The van der Waals surface area contributed by atoms with Gasteiger partial charge in [0, 0.05) is 12.1 Å². The van der Waals surface area contributed by atoms with Gasteiger partial charge in [0.05, 0.1) is 0 Å². The molecule has 0 fully saturated rings. The van der Waals surface area contributed by atoms with Gasteiger partial charge in [-0.15, -0.1) is 10.2 Å². The van der Waals surface area contributed by atoms with E-state index in [-0.39, 0.29) is 17.9 Å². The van der Waals surface area contributed by atoms with Gasteiger partial charge < -0.3 is 0 Å². The summed E-state index contributed by atoms with van der Waals surface area (Å²) >= 11 is 0. The molecular weight excluding hydrogens is 309 g/mol. The second kappa shape index (κ2) is 5.45. The number of nitrogens with zero attached hydrogens (tertiary/aromatic N) is 3. The molecule has 21 heavy (non-hydrogen) atoms. The summed E-state index contributed by atoms with van der Waals surface area (Å²) in [6.07, 6.45) is 0.500. The van der Waals surface area contributed by atoms with Crippen LogP contribution in [0.15, 0.2) is 17.3 Å². The Morgan fingerprint density at radius 2 is 1.76 bits per heavy atom. The summed E-state index contributed by atoms with van der Waals surface area (Å²) < 4.78 is 63.4. The number of aromatic nitrogens is 3. The molecule has 0 atom stereocenters. The van der Waals surface area contributed by atoms with E-state index in [1.54, 1.807) is 6.92 Å². The molecule has 0 amide bonds. The van der Waals surface area contributed by atoms with Crippen LogP contribution in [0.5, 0.6) is 0 Å². The molecule has 1 aromatic carbocycles. The standard InChI is InChI=1S/C11H11F3N4O2S/c1-2-3-18-10(16-17-11(18)21(15,19)20)6-4-7(12)9(14)8(13)5-6/h4-5H,2-3H2,1H3,(H2,15,19,20). The molecule has 1 aromatic heterocycles. The van der Waals surface area contributed by atoms with Crippen LogP contribution in [0.25, 0.3) is 11.4 Å². The lowest BCUT2D eigenvalue weighted by molar-refractivity contribution is 0.447. The molecule has 6 nitrogen and oxygen atoms in total. The van der Waals surface area contributed by atoms with Crippen molar-refractivity contribution in [1.82, 2.24) is 14.8 Å². The van der Waals surface area contributed by atoms with Gasteiger partial charge in [-0.1, -0.05) is 6.92 Å². The van der Waals surface area contributed by atoms with Crippen molar-refractivity contribution in [2.75, 3.05) is 0 Å². The molecule has 114 valence electrons. The van der Waals surface area contributed by atoms with Crippen LogP contribution in [0.3, 0.4) is 0 Å². The fourth-order valence-electron chi connectivity index (χ4n) is 1.82. The van der Waals surface area contributed by atoms with Gasteiger partial charge in [-0.25, -0.2) is 26.7 Å². The highest BCUT2D eigenvalue weighted by atomic mass is 32.2. The first kappa shape index (κ1) is 15.4. The average Bonchev–Trinajstić information content (AvgIpc) is 2.79. The lowest BCUT2D eigenvalue weighted by Gasteiger charge is -2.08. The van der Waals surface area contributed by atoms with Gasteiger partial charge in [-0.05, 0) is 18.6 Å². The Hall–Kier alpha value is -1.94. The van der Waals surface area contributed by atoms with Crippen molar-refractivity contribution in [3.8, 4) is 11.4 Å². The summed E-state index contributed by atoms with van der Waals surface area (Å²) in [4.78, 5) is 0. The van der Waals surface area contributed by atoms with Crippen molar-refractivity contribution in [3.05, 3.63) is 29.6 Å². The van der Waals surface area contributed by atoms with Crippen molar-refractivity contribution in [3.63, 3.8) is 0 Å². The van der Waals surface area contributed by atoms with Crippen molar-refractivity contribution in [2.24, 2.45) is 5.14 Å². The molecule has 0 spiro atoms. The fourth-order valence-corrected chi connectivity index (χ4v) is 2.46. The number of hydrogen-bond donors (Lipinski definition) is 1. The SMILES string of the molecule is CCCn1c(-c2cc(F)c(F)c(F)c2)nnc1S(N)(=O)=O. The molecule has 2 N–H and O–H groups in total. The van der Waals surface area contributed by atoms with Crippen LogP contribution in [-0.2, 0) is 16.6 Å². The Morgan fingerprint density at radius 1 is 1.19 bits per heavy atom. The third-order valence-corrected chi connectivity index (χ3v) is 3.47. The highest BCUT2D eigenvalue weighted by Crippen LogP contribution is 2.24. The molecule has 0 aliphatic rings. The summed E-state index contributed by atoms with van der Waals surface area (Å²) in [7, 11) is -4.14. The smallest absolute Gasteiger partial charge is 0.273 e. The van der Waals surface area contributed by atoms with E-state index in [4.69, 9.17) is 5.14 Å². The Bertz CT molecular complexity index is 766. The molecule has 2 rings (SSSR count). The van der Waals surface area contributed by atoms with E-state index >= 15 is 0 Å². The minimum Gasteiger partial charge on any atom is -0.297 e. The van der Waals surface area contributed by atoms with Gasteiger partial charge >= 0.3 is 0 Å². The van der Waals surface area contributed by atoms with Gasteiger partial charge in [-0.2, -0.15) is 0 Å². The maximum atomic E-state index is 13.3. The molecule has 10 heteroatoms. The van der Waals surface area contributed by atoms with Crippen LogP contribution in [0.1, 0.15) is 13.3 Å². The predicted molar refractivity (Wildman–Crippen MR) is 67.0 cm³/mol. The zero-order valence-electron chi connectivity index (χ0n) is 10.8. The lowest BCUT2D eigenvalue weighted by atomic mass is 10.2. The van der Waals surface area contributed by atoms with E-state index in [0.29, 0.717) is 18.6 Å². The summed E-state index contributed by atoms with van der Waals surface area (Å²) in [5.41, 5.74) is -0.137. The monoisotopic (exact) mass is 320 g/mol. The second-order valence-corrected chi connectivity index (χ2v) is 5.71. The van der Waals surface area contributed by atoms with Crippen LogP contribution in [0.4, 0.5) is 13.2 Å². The van der Waals surface area contributed by atoms with Crippen LogP contribution in [-0.4, -0.2) is 23.2 Å². The van der Waals surface area contributed by atoms with E-state index in [9.17, 15) is 21.6 Å². The third-order valence-electron chi connectivity index (χ3n) is 2.66. The first-order valence-corrected chi connectivity index (χ1v) is 7.41. The lowest BCUT2D eigenvalue weighted by Crippen LogP contribution is -2.19. The Balaban J connectivity index is 2.67. The number of nitrogens with two attached hydrogens (primary N) is 1. The topological polar surface area (TPSA) is 90.9 Å². The van der Waals surface area contributed by atoms with Crippen LogP contribution >= 0.6 is 0 Å². The van der Waals surface area contributed by atoms with Gasteiger partial charge in [-0.3, -0.25) is 4.57 Å². The van der Waals surface area contributed by atoms with Crippen molar-refractivity contribution in [1.29, 1.82) is 0 Å². The van der Waals surface area contributed by atoms with Crippen LogP contribution < -0.4 is 5.14 Å². The molecule has 0 unspecified atom stereocenters. The molecule has 0 saturated heterocycles. The summed E-state index contributed by atoms with van der Waals surface area (Å²) in [5.74, 6) is -4.55. The molecule has 0 bridgehead atoms. The van der Waals surface area contributed by atoms with E-state index in [1.807, 2.05) is 0 Å². The van der Waals surface area contributed by atoms with Crippen molar-refractivity contribution >= 4 is 10.0 Å². The maximum absolute atomic E-state index is 13.3. The summed E-state index contributed by atoms with van der Waals surface area (Å²) in [6, 6.07) is 1.42. The Morgan fingerprint density at radius 3 is 2.24 bits per heavy atom. The number of primary sulfonamides is 1. The second-order valence-electron chi connectivity index (χ2n) is 4.26. The number of rotatable bonds is 4. The zero-order valence-corrected chi connectivity index (χ0v) is 11.7. The van der Waals surface area contributed by atoms with Crippen molar-refractivity contribution in [2.45, 2.75) is 25.0 Å². The summed E-state index contributed by atoms with van der Waals surface area (Å²) in [6.45, 7) is 1.91. The molecule has 2 aromatic rings. The number of halogens is 3. The number of hydrogen-bond acceptors (Lipinski definition) is 4. The van der Waals surface area contributed by atoms with Crippen LogP contribution in [0.2, 0.25) is 0 Å². The van der Waals surface area contributed by atoms with E-state index < -0.39 is 32.6 Å². The molecule has 0 saturated carbocycles. The van der Waals surface area contributed by atoms with Crippen molar-refractivity contribution < 1.29 is 21.6 Å². The normalized spacial score (nSPS) is 11.9. The average molecular weight is 320 g/mol. The van der Waals surface area contributed by atoms with Crippen LogP contribution in [0, 0.1) is 17.5 Å². The largest absolute Gasteiger partial charge is 0.297 e. The fraction of sp³-hybridized carbons (Fsp3) is 0.273. The number of sulfonamides is 1. The first-order valence-electron chi connectivity index (χ1n) is 5.86. The maximum Gasteiger partial charge on any atom is 0.273 e. The number of benzene rings is 1.